The molecule has 0 heterocycles. The van der Waals surface area contributed by atoms with Gasteiger partial charge in [-0.2, -0.15) is 0 Å². The molecule has 1 rings (SSSR count). The van der Waals surface area contributed by atoms with Gasteiger partial charge in [0, 0.05) is 10.1 Å². The molecule has 0 atom stereocenters. The molecular formula is C12H14INO4. The third kappa shape index (κ3) is 4.52. The molecule has 0 radical (unpaired) electrons. The molecule has 1 amide bonds. The van der Waals surface area contributed by atoms with E-state index >= 15 is 0 Å². The lowest BCUT2D eigenvalue weighted by atomic mass is 10.2. The largest absolute Gasteiger partial charge is 0.507 e. The molecule has 0 bridgehead atoms. The summed E-state index contributed by atoms with van der Waals surface area (Å²) in [4.78, 5) is 22.8. The van der Waals surface area contributed by atoms with Crippen molar-refractivity contribution in [2.75, 3.05) is 13.2 Å². The van der Waals surface area contributed by atoms with E-state index in [0.717, 1.165) is 3.57 Å². The van der Waals surface area contributed by atoms with Crippen molar-refractivity contribution in [2.24, 2.45) is 0 Å². The van der Waals surface area contributed by atoms with Crippen LogP contribution >= 0.6 is 22.6 Å². The minimum atomic E-state index is -0.407. The maximum Gasteiger partial charge on any atom is 0.307 e. The first-order valence-corrected chi connectivity index (χ1v) is 6.54. The zero-order valence-corrected chi connectivity index (χ0v) is 12.1. The summed E-state index contributed by atoms with van der Waals surface area (Å²) in [5.74, 6) is -0.843. The third-order valence-corrected chi connectivity index (χ3v) is 2.79. The molecular weight excluding hydrogens is 349 g/mol. The second kappa shape index (κ2) is 7.20. The van der Waals surface area contributed by atoms with E-state index in [1.807, 2.05) is 22.6 Å². The number of benzene rings is 1. The number of phenols is 1. The first-order valence-electron chi connectivity index (χ1n) is 5.47. The van der Waals surface area contributed by atoms with E-state index in [9.17, 15) is 14.7 Å². The van der Waals surface area contributed by atoms with Gasteiger partial charge in [0.15, 0.2) is 0 Å². The van der Waals surface area contributed by atoms with Crippen molar-refractivity contribution < 1.29 is 19.4 Å². The summed E-state index contributed by atoms with van der Waals surface area (Å²) >= 11 is 2.05. The van der Waals surface area contributed by atoms with Crippen LogP contribution in [-0.4, -0.2) is 30.1 Å². The zero-order chi connectivity index (χ0) is 13.5. The van der Waals surface area contributed by atoms with E-state index in [1.165, 1.54) is 6.07 Å². The van der Waals surface area contributed by atoms with Gasteiger partial charge in [-0.05, 0) is 47.7 Å². The molecule has 0 unspecified atom stereocenters. The van der Waals surface area contributed by atoms with Crippen molar-refractivity contribution in [2.45, 2.75) is 13.3 Å². The number of rotatable bonds is 5. The Morgan fingerprint density at radius 1 is 1.44 bits per heavy atom. The molecule has 98 valence electrons. The number of ether oxygens (including phenoxy) is 1. The van der Waals surface area contributed by atoms with E-state index in [4.69, 9.17) is 4.74 Å². The Morgan fingerprint density at radius 2 is 2.17 bits per heavy atom. The Kier molecular flexibility index (Phi) is 5.90. The van der Waals surface area contributed by atoms with Crippen molar-refractivity contribution in [3.8, 4) is 5.75 Å². The highest BCUT2D eigenvalue weighted by molar-refractivity contribution is 14.1. The highest BCUT2D eigenvalue weighted by Gasteiger charge is 2.11. The average molecular weight is 363 g/mol. The van der Waals surface area contributed by atoms with Crippen molar-refractivity contribution in [1.29, 1.82) is 0 Å². The number of hydrogen-bond acceptors (Lipinski definition) is 4. The number of amides is 1. The zero-order valence-electron chi connectivity index (χ0n) is 9.90. The van der Waals surface area contributed by atoms with Crippen LogP contribution in [0.2, 0.25) is 0 Å². The highest BCUT2D eigenvalue weighted by Crippen LogP contribution is 2.19. The Labute approximate surface area is 119 Å². The van der Waals surface area contributed by atoms with E-state index in [2.05, 4.69) is 5.32 Å². The molecule has 0 saturated carbocycles. The fourth-order valence-corrected chi connectivity index (χ4v) is 1.79. The minimum Gasteiger partial charge on any atom is -0.507 e. The van der Waals surface area contributed by atoms with Gasteiger partial charge in [-0.15, -0.1) is 0 Å². The molecule has 0 spiro atoms. The number of hydrogen-bond donors (Lipinski definition) is 2. The van der Waals surface area contributed by atoms with Crippen molar-refractivity contribution in [3.05, 3.63) is 27.3 Å². The molecule has 2 N–H and O–H groups in total. The monoisotopic (exact) mass is 363 g/mol. The first kappa shape index (κ1) is 14.7. The molecule has 6 heteroatoms. The Bertz CT molecular complexity index is 448. The summed E-state index contributed by atoms with van der Waals surface area (Å²) in [5, 5.41) is 12.1. The number of esters is 1. The molecule has 1 aromatic rings. The van der Waals surface area contributed by atoms with Crippen LogP contribution in [0.15, 0.2) is 18.2 Å². The molecule has 18 heavy (non-hydrogen) atoms. The van der Waals surface area contributed by atoms with Gasteiger partial charge in [-0.25, -0.2) is 0 Å². The molecule has 0 aliphatic carbocycles. The van der Waals surface area contributed by atoms with Crippen LogP contribution < -0.4 is 5.32 Å². The van der Waals surface area contributed by atoms with E-state index < -0.39 is 5.91 Å². The van der Waals surface area contributed by atoms with Crippen LogP contribution in [0.1, 0.15) is 23.7 Å². The second-order valence-corrected chi connectivity index (χ2v) is 4.72. The predicted molar refractivity (Wildman–Crippen MR) is 74.4 cm³/mol. The van der Waals surface area contributed by atoms with Crippen LogP contribution in [0.25, 0.3) is 0 Å². The van der Waals surface area contributed by atoms with Gasteiger partial charge in [-0.1, -0.05) is 0 Å². The third-order valence-electron chi connectivity index (χ3n) is 2.12. The van der Waals surface area contributed by atoms with Gasteiger partial charge >= 0.3 is 5.97 Å². The van der Waals surface area contributed by atoms with E-state index in [1.54, 1.807) is 19.1 Å². The number of carbonyl (C=O) groups is 2. The van der Waals surface area contributed by atoms with Crippen LogP contribution in [0.4, 0.5) is 0 Å². The number of nitrogens with one attached hydrogen (secondary N) is 1. The Balaban J connectivity index is 2.50. The van der Waals surface area contributed by atoms with Gasteiger partial charge in [0.05, 0.1) is 18.6 Å². The van der Waals surface area contributed by atoms with Crippen LogP contribution in [-0.2, 0) is 9.53 Å². The lowest BCUT2D eigenvalue weighted by Gasteiger charge is -2.07. The van der Waals surface area contributed by atoms with Gasteiger partial charge in [0.2, 0.25) is 0 Å². The highest BCUT2D eigenvalue weighted by atomic mass is 127. The SMILES string of the molecule is CCOC(=O)CCNC(=O)c1cc(I)ccc1O. The fourth-order valence-electron chi connectivity index (χ4n) is 1.30. The Hall–Kier alpha value is -1.31. The van der Waals surface area contributed by atoms with Gasteiger partial charge in [0.25, 0.3) is 5.91 Å². The lowest BCUT2D eigenvalue weighted by molar-refractivity contribution is -0.142. The summed E-state index contributed by atoms with van der Waals surface area (Å²) in [7, 11) is 0. The maximum atomic E-state index is 11.7. The summed E-state index contributed by atoms with van der Waals surface area (Å²) < 4.78 is 5.58. The fraction of sp³-hybridized carbons (Fsp3) is 0.333. The molecule has 5 nitrogen and oxygen atoms in total. The number of carbonyl (C=O) groups excluding carboxylic acids is 2. The molecule has 0 aliphatic heterocycles. The minimum absolute atomic E-state index is 0.0796. The molecule has 0 fully saturated rings. The number of aromatic hydroxyl groups is 1. The van der Waals surface area contributed by atoms with Gasteiger partial charge < -0.3 is 15.2 Å². The molecule has 0 aromatic heterocycles. The summed E-state index contributed by atoms with van der Waals surface area (Å²) in [6, 6.07) is 4.74. The van der Waals surface area contributed by atoms with E-state index in [0.29, 0.717) is 6.61 Å². The standard InChI is InChI=1S/C12H14INO4/c1-2-18-11(16)5-6-14-12(17)9-7-8(13)3-4-10(9)15/h3-4,7,15H,2,5-6H2,1H3,(H,14,17). The van der Waals surface area contributed by atoms with Crippen LogP contribution in [0, 0.1) is 3.57 Å². The van der Waals surface area contributed by atoms with Gasteiger partial charge in [0.1, 0.15) is 5.75 Å². The van der Waals surface area contributed by atoms with E-state index in [-0.39, 0.29) is 30.2 Å². The quantitative estimate of drug-likeness (QED) is 0.617. The first-order chi connectivity index (χ1) is 8.54. The molecule has 0 saturated heterocycles. The molecule has 1 aromatic carbocycles. The normalized spacial score (nSPS) is 9.89. The van der Waals surface area contributed by atoms with Crippen LogP contribution in [0.3, 0.4) is 0 Å². The van der Waals surface area contributed by atoms with Crippen molar-refractivity contribution in [1.82, 2.24) is 5.32 Å². The van der Waals surface area contributed by atoms with Crippen molar-refractivity contribution in [3.63, 3.8) is 0 Å². The topological polar surface area (TPSA) is 75.6 Å². The van der Waals surface area contributed by atoms with Crippen LogP contribution in [0.5, 0.6) is 5.75 Å². The maximum absolute atomic E-state index is 11.7. The Morgan fingerprint density at radius 3 is 2.83 bits per heavy atom. The number of halogens is 1. The average Bonchev–Trinajstić information content (AvgIpc) is 2.32. The smallest absolute Gasteiger partial charge is 0.307 e. The summed E-state index contributed by atoms with van der Waals surface area (Å²) in [6.45, 7) is 2.23. The molecule has 0 aliphatic rings. The second-order valence-electron chi connectivity index (χ2n) is 3.47. The van der Waals surface area contributed by atoms with Crippen molar-refractivity contribution >= 4 is 34.5 Å². The van der Waals surface area contributed by atoms with Gasteiger partial charge in [-0.3, -0.25) is 9.59 Å². The summed E-state index contributed by atoms with van der Waals surface area (Å²) in [5.41, 5.74) is 0.200. The summed E-state index contributed by atoms with van der Waals surface area (Å²) in [6.07, 6.45) is 0.115. The lowest BCUT2D eigenvalue weighted by Crippen LogP contribution is -2.26. The predicted octanol–water partition coefficient (Wildman–Crippen LogP) is 1.68. The number of phenolic OH excluding ortho intramolecular Hbond substituents is 1.